The molecule has 0 aliphatic rings. The van der Waals surface area contributed by atoms with E-state index in [0.29, 0.717) is 0 Å². The van der Waals surface area contributed by atoms with Gasteiger partial charge >= 0.3 is 0 Å². The maximum absolute atomic E-state index is 2.47. The van der Waals surface area contributed by atoms with Gasteiger partial charge in [0.25, 0.3) is 0 Å². The summed E-state index contributed by atoms with van der Waals surface area (Å²) in [5, 5.41) is 0. The predicted molar refractivity (Wildman–Crippen MR) is 51.8 cm³/mol. The van der Waals surface area contributed by atoms with Crippen molar-refractivity contribution < 1.29 is 0 Å². The first kappa shape index (κ1) is 10.7. The van der Waals surface area contributed by atoms with E-state index in [4.69, 9.17) is 0 Å². The standard InChI is InChI=1S/C10H21N/c1-5-8-11(7-3)9-10(4)6-2/h6H,5,7-9H2,1-4H3. The second-order valence-electron chi connectivity index (χ2n) is 3.00. The average Bonchev–Trinajstić information content (AvgIpc) is 2.03. The van der Waals surface area contributed by atoms with E-state index >= 15 is 0 Å². The van der Waals surface area contributed by atoms with E-state index in [1.807, 2.05) is 0 Å². The largest absolute Gasteiger partial charge is 0.300 e. The molecular formula is C10H21N. The van der Waals surface area contributed by atoms with Crippen LogP contribution in [0.15, 0.2) is 11.6 Å². The van der Waals surface area contributed by atoms with Gasteiger partial charge in [-0.15, -0.1) is 0 Å². The summed E-state index contributed by atoms with van der Waals surface area (Å²) in [6, 6.07) is 0. The van der Waals surface area contributed by atoms with E-state index in [-0.39, 0.29) is 0 Å². The Balaban J connectivity index is 3.68. The quantitative estimate of drug-likeness (QED) is 0.552. The number of allylic oxidation sites excluding steroid dienone is 1. The molecule has 0 rings (SSSR count). The molecule has 0 aliphatic heterocycles. The molecule has 0 unspecified atom stereocenters. The fourth-order valence-corrected chi connectivity index (χ4v) is 1.11. The van der Waals surface area contributed by atoms with Gasteiger partial charge in [-0.05, 0) is 33.4 Å². The lowest BCUT2D eigenvalue weighted by atomic mass is 10.2. The van der Waals surface area contributed by atoms with Crippen LogP contribution in [-0.2, 0) is 0 Å². The summed E-state index contributed by atoms with van der Waals surface area (Å²) in [6.45, 7) is 12.3. The lowest BCUT2D eigenvalue weighted by Crippen LogP contribution is -2.25. The second-order valence-corrected chi connectivity index (χ2v) is 3.00. The van der Waals surface area contributed by atoms with Crippen molar-refractivity contribution >= 4 is 0 Å². The first-order chi connectivity index (χ1) is 5.24. The van der Waals surface area contributed by atoms with Crippen molar-refractivity contribution in [1.29, 1.82) is 0 Å². The predicted octanol–water partition coefficient (Wildman–Crippen LogP) is 2.68. The summed E-state index contributed by atoms with van der Waals surface area (Å²) >= 11 is 0. The molecule has 0 aromatic carbocycles. The molecule has 0 fully saturated rings. The molecule has 0 aliphatic carbocycles. The van der Waals surface area contributed by atoms with Crippen molar-refractivity contribution in [3.05, 3.63) is 11.6 Å². The molecule has 0 aromatic heterocycles. The number of hydrogen-bond donors (Lipinski definition) is 0. The van der Waals surface area contributed by atoms with Gasteiger partial charge in [0.2, 0.25) is 0 Å². The minimum absolute atomic E-state index is 1.14. The molecule has 1 nitrogen and oxygen atoms in total. The van der Waals surface area contributed by atoms with Gasteiger partial charge in [-0.3, -0.25) is 4.90 Å². The molecule has 66 valence electrons. The minimum Gasteiger partial charge on any atom is -0.300 e. The highest BCUT2D eigenvalue weighted by Crippen LogP contribution is 1.98. The third kappa shape index (κ3) is 5.02. The summed E-state index contributed by atoms with van der Waals surface area (Å²) in [5.74, 6) is 0. The van der Waals surface area contributed by atoms with E-state index in [2.05, 4.69) is 38.7 Å². The number of rotatable bonds is 5. The third-order valence-electron chi connectivity index (χ3n) is 1.95. The molecule has 0 bridgehead atoms. The second kappa shape index (κ2) is 6.41. The van der Waals surface area contributed by atoms with Gasteiger partial charge in [0.15, 0.2) is 0 Å². The van der Waals surface area contributed by atoms with Crippen molar-refractivity contribution in [2.75, 3.05) is 19.6 Å². The van der Waals surface area contributed by atoms with Gasteiger partial charge in [-0.25, -0.2) is 0 Å². The molecule has 0 N–H and O–H groups in total. The molecule has 0 spiro atoms. The van der Waals surface area contributed by atoms with Gasteiger partial charge in [-0.1, -0.05) is 25.5 Å². The average molecular weight is 155 g/mol. The highest BCUT2D eigenvalue weighted by molar-refractivity contribution is 4.98. The van der Waals surface area contributed by atoms with Crippen LogP contribution in [0.1, 0.15) is 34.1 Å². The zero-order valence-corrected chi connectivity index (χ0v) is 8.35. The van der Waals surface area contributed by atoms with E-state index in [9.17, 15) is 0 Å². The number of hydrogen-bond acceptors (Lipinski definition) is 1. The van der Waals surface area contributed by atoms with Gasteiger partial charge in [0.1, 0.15) is 0 Å². The van der Waals surface area contributed by atoms with Crippen molar-refractivity contribution in [2.45, 2.75) is 34.1 Å². The molecule has 1 heteroatoms. The Kier molecular flexibility index (Phi) is 6.24. The van der Waals surface area contributed by atoms with Crippen LogP contribution in [0.5, 0.6) is 0 Å². The first-order valence-electron chi connectivity index (χ1n) is 4.58. The fraction of sp³-hybridized carbons (Fsp3) is 0.800. The van der Waals surface area contributed by atoms with E-state index < -0.39 is 0 Å². The van der Waals surface area contributed by atoms with Gasteiger partial charge in [0.05, 0.1) is 0 Å². The molecule has 0 saturated heterocycles. The van der Waals surface area contributed by atoms with Gasteiger partial charge in [-0.2, -0.15) is 0 Å². The summed E-state index contributed by atoms with van der Waals surface area (Å²) in [4.78, 5) is 2.47. The Morgan fingerprint density at radius 3 is 2.36 bits per heavy atom. The summed E-state index contributed by atoms with van der Waals surface area (Å²) < 4.78 is 0. The monoisotopic (exact) mass is 155 g/mol. The maximum Gasteiger partial charge on any atom is 0.0189 e. The van der Waals surface area contributed by atoms with Gasteiger partial charge < -0.3 is 0 Å². The molecule has 0 amide bonds. The van der Waals surface area contributed by atoms with Gasteiger partial charge in [0, 0.05) is 6.54 Å². The fourth-order valence-electron chi connectivity index (χ4n) is 1.11. The van der Waals surface area contributed by atoms with Crippen LogP contribution in [0.25, 0.3) is 0 Å². The lowest BCUT2D eigenvalue weighted by molar-refractivity contribution is 0.313. The Labute approximate surface area is 71.1 Å². The van der Waals surface area contributed by atoms with Crippen molar-refractivity contribution in [3.63, 3.8) is 0 Å². The van der Waals surface area contributed by atoms with Crippen molar-refractivity contribution in [2.24, 2.45) is 0 Å². The summed E-state index contributed by atoms with van der Waals surface area (Å²) in [5.41, 5.74) is 1.47. The minimum atomic E-state index is 1.14. The van der Waals surface area contributed by atoms with Crippen LogP contribution in [0.4, 0.5) is 0 Å². The van der Waals surface area contributed by atoms with Crippen LogP contribution in [0.3, 0.4) is 0 Å². The smallest absolute Gasteiger partial charge is 0.0189 e. The van der Waals surface area contributed by atoms with E-state index in [0.717, 1.165) is 6.54 Å². The molecule has 0 saturated carbocycles. The van der Waals surface area contributed by atoms with E-state index in [1.165, 1.54) is 25.1 Å². The Morgan fingerprint density at radius 2 is 2.00 bits per heavy atom. The first-order valence-corrected chi connectivity index (χ1v) is 4.58. The molecular weight excluding hydrogens is 134 g/mol. The SMILES string of the molecule is CC=C(C)CN(CC)CCC. The van der Waals surface area contributed by atoms with Crippen molar-refractivity contribution in [1.82, 2.24) is 4.90 Å². The molecule has 0 aromatic rings. The molecule has 0 heterocycles. The van der Waals surface area contributed by atoms with Crippen LogP contribution >= 0.6 is 0 Å². The zero-order chi connectivity index (χ0) is 8.69. The highest BCUT2D eigenvalue weighted by atomic mass is 15.1. The zero-order valence-electron chi connectivity index (χ0n) is 8.35. The van der Waals surface area contributed by atoms with Crippen LogP contribution in [0, 0.1) is 0 Å². The van der Waals surface area contributed by atoms with Crippen LogP contribution < -0.4 is 0 Å². The molecule has 0 atom stereocenters. The number of nitrogens with zero attached hydrogens (tertiary/aromatic N) is 1. The van der Waals surface area contributed by atoms with E-state index in [1.54, 1.807) is 0 Å². The lowest BCUT2D eigenvalue weighted by Gasteiger charge is -2.19. The summed E-state index contributed by atoms with van der Waals surface area (Å²) in [7, 11) is 0. The molecule has 11 heavy (non-hydrogen) atoms. The Hall–Kier alpha value is -0.300. The van der Waals surface area contributed by atoms with Crippen LogP contribution in [-0.4, -0.2) is 24.5 Å². The third-order valence-corrected chi connectivity index (χ3v) is 1.95. The Morgan fingerprint density at radius 1 is 1.36 bits per heavy atom. The molecule has 0 radical (unpaired) electrons. The maximum atomic E-state index is 2.47. The normalized spacial score (nSPS) is 12.6. The Bertz CT molecular complexity index is 116. The summed E-state index contributed by atoms with van der Waals surface area (Å²) in [6.07, 6.45) is 3.45. The van der Waals surface area contributed by atoms with Crippen molar-refractivity contribution in [3.8, 4) is 0 Å². The number of likely N-dealkylation sites (N-methyl/N-ethyl adjacent to an activating group) is 1. The topological polar surface area (TPSA) is 3.24 Å². The van der Waals surface area contributed by atoms with Crippen LogP contribution in [0.2, 0.25) is 0 Å². The highest BCUT2D eigenvalue weighted by Gasteiger charge is 1.99.